The van der Waals surface area contributed by atoms with E-state index in [4.69, 9.17) is 0 Å². The minimum Gasteiger partial charge on any atom is -0.465 e. The lowest BCUT2D eigenvalue weighted by molar-refractivity contribution is 0.0596. The summed E-state index contributed by atoms with van der Waals surface area (Å²) in [6.45, 7) is 0.408. The molecule has 1 aromatic rings. The van der Waals surface area contributed by atoms with Gasteiger partial charge in [-0.05, 0) is 36.0 Å². The molecule has 0 radical (unpaired) electrons. The number of carbonyl (C=O) groups excluding carboxylic acids is 1. The van der Waals surface area contributed by atoms with E-state index in [1.807, 2.05) is 11.8 Å². The van der Waals surface area contributed by atoms with Crippen LogP contribution < -0.4 is 4.72 Å². The van der Waals surface area contributed by atoms with Crippen molar-refractivity contribution in [2.45, 2.75) is 11.3 Å². The molecule has 1 fully saturated rings. The van der Waals surface area contributed by atoms with E-state index in [0.717, 1.165) is 17.9 Å². The van der Waals surface area contributed by atoms with Gasteiger partial charge in [0.2, 0.25) is 10.0 Å². The smallest absolute Gasteiger partial charge is 0.339 e. The van der Waals surface area contributed by atoms with Gasteiger partial charge in [0.15, 0.2) is 0 Å². The first-order valence-electron chi connectivity index (χ1n) is 6.29. The third kappa shape index (κ3) is 3.53. The van der Waals surface area contributed by atoms with Gasteiger partial charge in [-0.2, -0.15) is 11.8 Å². The van der Waals surface area contributed by atoms with Crippen molar-refractivity contribution in [3.8, 4) is 0 Å². The number of nitrogens with one attached hydrogen (secondary N) is 1. The number of ether oxygens (including phenoxy) is 1. The minimum atomic E-state index is -3.69. The molecule has 110 valence electrons. The molecule has 1 aliphatic heterocycles. The Morgan fingerprint density at radius 2 is 2.20 bits per heavy atom. The highest BCUT2D eigenvalue weighted by molar-refractivity contribution is 7.99. The predicted molar refractivity (Wildman–Crippen MR) is 78.4 cm³/mol. The van der Waals surface area contributed by atoms with E-state index in [9.17, 15) is 13.2 Å². The largest absolute Gasteiger partial charge is 0.465 e. The van der Waals surface area contributed by atoms with Gasteiger partial charge in [0, 0.05) is 6.54 Å². The van der Waals surface area contributed by atoms with Gasteiger partial charge in [0.05, 0.1) is 17.6 Å². The molecule has 0 amide bonds. The van der Waals surface area contributed by atoms with Crippen molar-refractivity contribution in [3.63, 3.8) is 0 Å². The maximum atomic E-state index is 12.3. The van der Waals surface area contributed by atoms with Crippen LogP contribution >= 0.6 is 11.8 Å². The molecule has 5 nitrogen and oxygen atoms in total. The van der Waals surface area contributed by atoms with Crippen LogP contribution in [0.15, 0.2) is 29.2 Å². The van der Waals surface area contributed by atoms with Gasteiger partial charge < -0.3 is 4.74 Å². The molecule has 1 atom stereocenters. The third-order valence-electron chi connectivity index (χ3n) is 3.17. The summed E-state index contributed by atoms with van der Waals surface area (Å²) in [6, 6.07) is 6.06. The van der Waals surface area contributed by atoms with Crippen LogP contribution in [0.3, 0.4) is 0 Å². The molecule has 7 heteroatoms. The summed E-state index contributed by atoms with van der Waals surface area (Å²) in [4.78, 5) is 11.6. The molecule has 1 aliphatic rings. The number of carbonyl (C=O) groups is 1. The average molecular weight is 315 g/mol. The lowest BCUT2D eigenvalue weighted by atomic mass is 10.1. The first-order valence-corrected chi connectivity index (χ1v) is 8.93. The molecule has 0 bridgehead atoms. The maximum Gasteiger partial charge on any atom is 0.339 e. The van der Waals surface area contributed by atoms with Gasteiger partial charge in [-0.3, -0.25) is 0 Å². The fraction of sp³-hybridized carbons (Fsp3) is 0.462. The lowest BCUT2D eigenvalue weighted by Crippen LogP contribution is -2.30. The number of methoxy groups -OCH3 is 1. The van der Waals surface area contributed by atoms with E-state index in [0.29, 0.717) is 12.5 Å². The minimum absolute atomic E-state index is 0.0301. The monoisotopic (exact) mass is 315 g/mol. The third-order valence-corrected chi connectivity index (χ3v) is 5.88. The Balaban J connectivity index is 2.18. The van der Waals surface area contributed by atoms with E-state index in [1.165, 1.54) is 19.2 Å². The van der Waals surface area contributed by atoms with E-state index >= 15 is 0 Å². The molecule has 20 heavy (non-hydrogen) atoms. The van der Waals surface area contributed by atoms with Crippen molar-refractivity contribution in [2.75, 3.05) is 25.2 Å². The molecule has 0 spiro atoms. The van der Waals surface area contributed by atoms with Crippen molar-refractivity contribution >= 4 is 27.8 Å². The fourth-order valence-electron chi connectivity index (χ4n) is 2.03. The summed E-state index contributed by atoms with van der Waals surface area (Å²) in [7, 11) is -2.46. The zero-order chi connectivity index (χ0) is 14.6. The normalized spacial score (nSPS) is 18.9. The quantitative estimate of drug-likeness (QED) is 0.834. The SMILES string of the molecule is COC(=O)c1ccccc1S(=O)(=O)NCC1CCSC1. The topological polar surface area (TPSA) is 72.5 Å². The Hall–Kier alpha value is -1.05. The highest BCUT2D eigenvalue weighted by atomic mass is 32.2. The summed E-state index contributed by atoms with van der Waals surface area (Å²) in [5.41, 5.74) is 0.0586. The zero-order valence-corrected chi connectivity index (χ0v) is 12.8. The number of benzene rings is 1. The molecule has 1 saturated heterocycles. The lowest BCUT2D eigenvalue weighted by Gasteiger charge is -2.12. The number of rotatable bonds is 5. The Morgan fingerprint density at radius 1 is 1.45 bits per heavy atom. The van der Waals surface area contributed by atoms with Crippen LogP contribution in [0.4, 0.5) is 0 Å². The van der Waals surface area contributed by atoms with Crippen molar-refractivity contribution in [1.29, 1.82) is 0 Å². The Morgan fingerprint density at radius 3 is 2.85 bits per heavy atom. The summed E-state index contributed by atoms with van der Waals surface area (Å²) < 4.78 is 31.8. The van der Waals surface area contributed by atoms with E-state index in [2.05, 4.69) is 9.46 Å². The second-order valence-electron chi connectivity index (χ2n) is 4.57. The molecule has 0 aromatic heterocycles. The molecule has 1 N–H and O–H groups in total. The van der Waals surface area contributed by atoms with Crippen LogP contribution in [0.2, 0.25) is 0 Å². The highest BCUT2D eigenvalue weighted by Gasteiger charge is 2.24. The Kier molecular flexibility index (Phi) is 5.06. The number of thioether (sulfide) groups is 1. The van der Waals surface area contributed by atoms with Gasteiger partial charge >= 0.3 is 5.97 Å². The van der Waals surface area contributed by atoms with Crippen LogP contribution in [0.5, 0.6) is 0 Å². The molecular weight excluding hydrogens is 298 g/mol. The van der Waals surface area contributed by atoms with Crippen molar-refractivity contribution in [2.24, 2.45) is 5.92 Å². The molecule has 1 unspecified atom stereocenters. The summed E-state index contributed by atoms with van der Waals surface area (Å²) in [5.74, 6) is 1.76. The highest BCUT2D eigenvalue weighted by Crippen LogP contribution is 2.23. The van der Waals surface area contributed by atoms with E-state index in [1.54, 1.807) is 12.1 Å². The predicted octanol–water partition coefficient (Wildman–Crippen LogP) is 1.50. The first kappa shape index (κ1) is 15.3. The molecule has 0 aliphatic carbocycles. The second kappa shape index (κ2) is 6.60. The zero-order valence-electron chi connectivity index (χ0n) is 11.2. The number of esters is 1. The first-order chi connectivity index (χ1) is 9.54. The van der Waals surface area contributed by atoms with Crippen LogP contribution in [0.1, 0.15) is 16.8 Å². The van der Waals surface area contributed by atoms with Gasteiger partial charge in [-0.25, -0.2) is 17.9 Å². The summed E-state index contributed by atoms with van der Waals surface area (Å²) >= 11 is 1.83. The van der Waals surface area contributed by atoms with Crippen LogP contribution in [0, 0.1) is 5.92 Å². The van der Waals surface area contributed by atoms with Gasteiger partial charge in [0.1, 0.15) is 0 Å². The van der Waals surface area contributed by atoms with Crippen molar-refractivity contribution in [1.82, 2.24) is 4.72 Å². The fourth-order valence-corrected chi connectivity index (χ4v) is 4.62. The average Bonchev–Trinajstić information content (AvgIpc) is 2.98. The molecule has 1 heterocycles. The van der Waals surface area contributed by atoms with Crippen LogP contribution in [0.25, 0.3) is 0 Å². The molecule has 2 rings (SSSR count). The number of hydrogen-bond acceptors (Lipinski definition) is 5. The second-order valence-corrected chi connectivity index (χ2v) is 7.45. The van der Waals surface area contributed by atoms with Gasteiger partial charge in [0.25, 0.3) is 0 Å². The van der Waals surface area contributed by atoms with E-state index in [-0.39, 0.29) is 10.5 Å². The van der Waals surface area contributed by atoms with Gasteiger partial charge in [-0.15, -0.1) is 0 Å². The van der Waals surface area contributed by atoms with Crippen LogP contribution in [-0.2, 0) is 14.8 Å². The summed E-state index contributed by atoms with van der Waals surface area (Å²) in [5, 5.41) is 0. The van der Waals surface area contributed by atoms with E-state index < -0.39 is 16.0 Å². The van der Waals surface area contributed by atoms with Gasteiger partial charge in [-0.1, -0.05) is 12.1 Å². The van der Waals surface area contributed by atoms with Crippen molar-refractivity contribution < 1.29 is 17.9 Å². The maximum absolute atomic E-state index is 12.3. The Labute approximate surface area is 123 Å². The van der Waals surface area contributed by atoms with Crippen molar-refractivity contribution in [3.05, 3.63) is 29.8 Å². The standard InChI is InChI=1S/C13H17NO4S2/c1-18-13(15)11-4-2-3-5-12(11)20(16,17)14-8-10-6-7-19-9-10/h2-5,10,14H,6-9H2,1H3. The molecule has 0 saturated carbocycles. The van der Waals surface area contributed by atoms with Crippen LogP contribution in [-0.4, -0.2) is 39.5 Å². The number of hydrogen-bond donors (Lipinski definition) is 1. The molecular formula is C13H17NO4S2. The summed E-state index contributed by atoms with van der Waals surface area (Å²) in [6.07, 6.45) is 1.02. The number of sulfonamides is 1. The molecule has 1 aromatic carbocycles. The Bertz CT molecular complexity index is 580.